The average molecular weight is 635 g/mol. The van der Waals surface area contributed by atoms with Gasteiger partial charge < -0.3 is 34.3 Å². The van der Waals surface area contributed by atoms with Gasteiger partial charge in [0.25, 0.3) is 0 Å². The molecule has 1 aliphatic heterocycles. The molecule has 6 fully saturated rings. The maximum Gasteiger partial charge on any atom is 0.306 e. The molecule has 6 aliphatic rings. The fraction of sp³-hybridized carbons (Fsp3) is 0.973. The number of fused-ring (bicyclic) bond motifs is 3. The quantitative estimate of drug-likeness (QED) is 0.286. The van der Waals surface area contributed by atoms with Crippen molar-refractivity contribution in [3.63, 3.8) is 0 Å². The van der Waals surface area contributed by atoms with Gasteiger partial charge in [-0.2, -0.15) is 0 Å². The molecule has 5 saturated carbocycles. The van der Waals surface area contributed by atoms with E-state index in [1.54, 1.807) is 14.0 Å². The van der Waals surface area contributed by atoms with Crippen LogP contribution < -0.4 is 0 Å². The third-order valence-corrected chi connectivity index (χ3v) is 15.6. The number of carbonyl (C=O) groups is 1. The third-order valence-electron chi connectivity index (χ3n) is 15.6. The average Bonchev–Trinajstić information content (AvgIpc) is 3.31. The Bertz CT molecular complexity index is 1140. The zero-order valence-electron chi connectivity index (χ0n) is 29.4. The zero-order valence-corrected chi connectivity index (χ0v) is 29.4. The topological polar surface area (TPSA) is 115 Å². The van der Waals surface area contributed by atoms with Crippen molar-refractivity contribution >= 4 is 5.97 Å². The second-order valence-corrected chi connectivity index (χ2v) is 18.0. The summed E-state index contributed by atoms with van der Waals surface area (Å²) in [4.78, 5) is 12.8. The fourth-order valence-electron chi connectivity index (χ4n) is 13.2. The molecule has 5 aliphatic carbocycles. The molecule has 8 heteroatoms. The highest BCUT2D eigenvalue weighted by Gasteiger charge is 2.86. The molecule has 3 N–H and O–H groups in total. The van der Waals surface area contributed by atoms with E-state index in [-0.39, 0.29) is 63.5 Å². The minimum Gasteiger partial charge on any atom is -0.462 e. The molecule has 0 amide bonds. The molecule has 0 aromatic heterocycles. The minimum absolute atomic E-state index is 0.0790. The molecular weight excluding hydrogens is 572 g/mol. The second-order valence-electron chi connectivity index (χ2n) is 18.0. The molecule has 0 aromatic rings. The number of hydrogen-bond donors (Lipinski definition) is 3. The Morgan fingerprint density at radius 1 is 1.02 bits per heavy atom. The Hall–Kier alpha value is -0.770. The van der Waals surface area contributed by atoms with E-state index in [1.165, 1.54) is 7.11 Å². The number of hydrogen-bond acceptors (Lipinski definition) is 8. The highest BCUT2D eigenvalue weighted by Crippen LogP contribution is 2.91. The molecule has 1 saturated heterocycles. The van der Waals surface area contributed by atoms with Gasteiger partial charge in [-0.25, -0.2) is 0 Å². The molecule has 0 bridgehead atoms. The normalized spacial score (nSPS) is 50.2. The molecule has 6 rings (SSSR count). The summed E-state index contributed by atoms with van der Waals surface area (Å²) in [6.45, 7) is 15.1. The van der Waals surface area contributed by atoms with Crippen molar-refractivity contribution in [2.75, 3.05) is 20.8 Å². The van der Waals surface area contributed by atoms with E-state index in [1.807, 2.05) is 0 Å². The van der Waals surface area contributed by atoms with Crippen LogP contribution in [0.15, 0.2) is 0 Å². The minimum atomic E-state index is -1.10. The largest absolute Gasteiger partial charge is 0.462 e. The maximum atomic E-state index is 12.8. The summed E-state index contributed by atoms with van der Waals surface area (Å²) < 4.78 is 24.0. The van der Waals surface area contributed by atoms with Gasteiger partial charge in [-0.15, -0.1) is 0 Å². The van der Waals surface area contributed by atoms with Gasteiger partial charge in [-0.1, -0.05) is 41.5 Å². The van der Waals surface area contributed by atoms with Crippen LogP contribution in [0.2, 0.25) is 0 Å². The van der Waals surface area contributed by atoms with Crippen LogP contribution in [-0.4, -0.2) is 78.4 Å². The first-order valence-electron chi connectivity index (χ1n) is 17.9. The molecule has 14 atom stereocenters. The van der Waals surface area contributed by atoms with Crippen LogP contribution >= 0.6 is 0 Å². The number of rotatable bonds is 9. The summed E-state index contributed by atoms with van der Waals surface area (Å²) in [5, 5.41) is 33.6. The third kappa shape index (κ3) is 4.54. The van der Waals surface area contributed by atoms with Crippen molar-refractivity contribution in [3.05, 3.63) is 0 Å². The summed E-state index contributed by atoms with van der Waals surface area (Å²) in [5.41, 5.74) is -1.13. The molecule has 0 aromatic carbocycles. The van der Waals surface area contributed by atoms with E-state index in [0.29, 0.717) is 24.7 Å². The van der Waals surface area contributed by atoms with Crippen LogP contribution in [0.5, 0.6) is 0 Å². The van der Waals surface area contributed by atoms with E-state index in [0.717, 1.165) is 51.4 Å². The molecule has 45 heavy (non-hydrogen) atoms. The summed E-state index contributed by atoms with van der Waals surface area (Å²) in [6, 6.07) is 0. The highest BCUT2D eigenvalue weighted by atomic mass is 16.7. The molecule has 2 unspecified atom stereocenters. The summed E-state index contributed by atoms with van der Waals surface area (Å²) in [5.74, 6) is 1.45. The van der Waals surface area contributed by atoms with Crippen molar-refractivity contribution in [3.8, 4) is 0 Å². The van der Waals surface area contributed by atoms with Crippen molar-refractivity contribution in [2.24, 2.45) is 56.7 Å². The molecule has 258 valence electrons. The SMILES string of the molecule is CO[C@H]1O[C@@H](C(O)C(C)(CO)OC)C[C@H]1[C@@H]1CC[C@]23C[C@]12CC[C@@H]1[C@@]2(C)CC[C@@H](OC(=O)CC(C)C)C(C)(C)[C@@H]2C[C@@H](O)[C@]13C. The molecule has 8 nitrogen and oxygen atoms in total. The summed E-state index contributed by atoms with van der Waals surface area (Å²) >= 11 is 0. The van der Waals surface area contributed by atoms with E-state index >= 15 is 0 Å². The molecule has 1 heterocycles. The van der Waals surface area contributed by atoms with E-state index in [2.05, 4.69) is 41.5 Å². The van der Waals surface area contributed by atoms with Crippen LogP contribution in [0.1, 0.15) is 113 Å². The predicted molar refractivity (Wildman–Crippen MR) is 170 cm³/mol. The maximum absolute atomic E-state index is 12.8. The van der Waals surface area contributed by atoms with Crippen molar-refractivity contribution < 1.29 is 39.1 Å². The zero-order chi connectivity index (χ0) is 33.0. The second kappa shape index (κ2) is 11.1. The molecule has 0 radical (unpaired) electrons. The summed E-state index contributed by atoms with van der Waals surface area (Å²) in [7, 11) is 3.21. The van der Waals surface area contributed by atoms with Gasteiger partial charge >= 0.3 is 5.97 Å². The van der Waals surface area contributed by atoms with E-state index in [4.69, 9.17) is 18.9 Å². The van der Waals surface area contributed by atoms with Crippen LogP contribution in [0.4, 0.5) is 0 Å². The highest BCUT2D eigenvalue weighted by molar-refractivity contribution is 5.69. The predicted octanol–water partition coefficient (Wildman–Crippen LogP) is 5.49. The van der Waals surface area contributed by atoms with Crippen LogP contribution in [0.3, 0.4) is 0 Å². The van der Waals surface area contributed by atoms with Crippen molar-refractivity contribution in [1.82, 2.24) is 0 Å². The number of esters is 1. The monoisotopic (exact) mass is 634 g/mol. The van der Waals surface area contributed by atoms with Crippen LogP contribution in [0, 0.1) is 56.7 Å². The van der Waals surface area contributed by atoms with Gasteiger partial charge in [-0.3, -0.25) is 4.79 Å². The number of methoxy groups -OCH3 is 2. The first-order valence-corrected chi connectivity index (χ1v) is 17.9. The number of aliphatic hydroxyl groups is 3. The van der Waals surface area contributed by atoms with E-state index in [9.17, 15) is 20.1 Å². The summed E-state index contributed by atoms with van der Waals surface area (Å²) in [6.07, 6.45) is 7.09. The van der Waals surface area contributed by atoms with Crippen molar-refractivity contribution in [1.29, 1.82) is 0 Å². The van der Waals surface area contributed by atoms with E-state index < -0.39 is 30.2 Å². The molecule has 0 spiro atoms. The lowest BCUT2D eigenvalue weighted by atomic mass is 9.37. The molecular formula is C37H62O8. The fourth-order valence-corrected chi connectivity index (χ4v) is 13.2. The van der Waals surface area contributed by atoms with Gasteiger partial charge in [0.05, 0.1) is 18.8 Å². The van der Waals surface area contributed by atoms with Crippen LogP contribution in [-0.2, 0) is 23.7 Å². The van der Waals surface area contributed by atoms with Gasteiger partial charge in [0, 0.05) is 37.4 Å². The lowest BCUT2D eigenvalue weighted by molar-refractivity contribution is -0.246. The Morgan fingerprint density at radius 2 is 1.73 bits per heavy atom. The van der Waals surface area contributed by atoms with Crippen LogP contribution in [0.25, 0.3) is 0 Å². The Labute approximate surface area is 271 Å². The van der Waals surface area contributed by atoms with Gasteiger partial charge in [0.2, 0.25) is 0 Å². The smallest absolute Gasteiger partial charge is 0.306 e. The number of ether oxygens (including phenoxy) is 4. The van der Waals surface area contributed by atoms with Crippen molar-refractivity contribution in [2.45, 2.75) is 149 Å². The Kier molecular flexibility index (Phi) is 8.43. The Balaban J connectivity index is 1.24. The number of carbonyl (C=O) groups excluding carboxylic acids is 1. The lowest BCUT2D eigenvalue weighted by Crippen LogP contribution is -2.66. The lowest BCUT2D eigenvalue weighted by Gasteiger charge is -2.68. The van der Waals surface area contributed by atoms with Gasteiger partial charge in [-0.05, 0) is 105 Å². The Morgan fingerprint density at radius 3 is 2.36 bits per heavy atom. The number of aliphatic hydroxyl groups excluding tert-OH is 3. The van der Waals surface area contributed by atoms with Gasteiger partial charge in [0.15, 0.2) is 6.29 Å². The first-order chi connectivity index (χ1) is 21.0. The first kappa shape index (κ1) is 34.1. The standard InChI is InChI=1S/C37H62O8/c1-21(2)16-29(40)45-28-12-13-33(5)25-11-14-36-19-37(36,35(25,7)27(39)18-26(33)32(28,3)4)15-10-23(36)22-17-24(44-31(22)42-8)30(41)34(6,20-38)43-9/h21-28,30-31,38-39,41H,10-20H2,1-9H3/t22-,23-,24+,25+,26-,27+,28+,30?,31-,33+,34?,35-,36+,37+/m0/s1. The van der Waals surface area contributed by atoms with Gasteiger partial charge in [0.1, 0.15) is 17.8 Å².